The number of carbonyl (C=O) groups is 2. The molecule has 0 saturated carbocycles. The smallest absolute Gasteiger partial charge is 0.279 e. The van der Waals surface area contributed by atoms with Gasteiger partial charge >= 0.3 is 0 Å². The van der Waals surface area contributed by atoms with Crippen molar-refractivity contribution < 1.29 is 19.4 Å². The number of para-hydroxylation sites is 1. The fraction of sp³-hybridized carbons (Fsp3) is 0.333. The number of nitro groups is 1. The lowest BCUT2D eigenvalue weighted by atomic mass is 10.1. The molecule has 8 heteroatoms. The number of rotatable bonds is 5. The Labute approximate surface area is 169 Å². The van der Waals surface area contributed by atoms with Crippen LogP contribution in [-0.4, -0.2) is 54.4 Å². The average Bonchev–Trinajstić information content (AvgIpc) is 2.71. The topological polar surface area (TPSA) is 97.0 Å². The van der Waals surface area contributed by atoms with Crippen molar-refractivity contribution in [3.8, 4) is 0 Å². The van der Waals surface area contributed by atoms with Crippen LogP contribution >= 0.6 is 0 Å². The summed E-state index contributed by atoms with van der Waals surface area (Å²) in [6, 6.07) is 11.7. The van der Waals surface area contributed by atoms with Gasteiger partial charge in [-0.25, -0.2) is 0 Å². The van der Waals surface area contributed by atoms with Crippen molar-refractivity contribution in [2.75, 3.05) is 38.0 Å². The molecule has 0 bridgehead atoms. The van der Waals surface area contributed by atoms with Crippen LogP contribution in [0.15, 0.2) is 42.5 Å². The van der Waals surface area contributed by atoms with Crippen molar-refractivity contribution >= 4 is 23.2 Å². The number of carbonyl (C=O) groups excluding carboxylic acids is 2. The standard InChI is InChI=1S/C21H24N4O4/c1-15-5-3-6-16(2)20(15)22-19(26)14-23-9-11-24(12-10-23)21(27)17-7-4-8-18(13-17)25(28)29/h3-8,13H,9-12,14H2,1-2H3,(H,22,26)/p+1. The molecule has 3 rings (SSSR count). The van der Waals surface area contributed by atoms with Crippen molar-refractivity contribution in [3.63, 3.8) is 0 Å². The normalized spacial score (nSPS) is 14.5. The molecule has 2 N–H and O–H groups in total. The first-order valence-corrected chi connectivity index (χ1v) is 9.58. The van der Waals surface area contributed by atoms with Gasteiger partial charge < -0.3 is 15.1 Å². The van der Waals surface area contributed by atoms with E-state index < -0.39 is 4.92 Å². The minimum atomic E-state index is -0.506. The van der Waals surface area contributed by atoms with Gasteiger partial charge in [0.1, 0.15) is 0 Å². The second-order valence-corrected chi connectivity index (χ2v) is 7.34. The summed E-state index contributed by atoms with van der Waals surface area (Å²) in [5.74, 6) is -0.261. The molecule has 8 nitrogen and oxygen atoms in total. The Bertz CT molecular complexity index is 916. The summed E-state index contributed by atoms with van der Waals surface area (Å²) in [7, 11) is 0. The summed E-state index contributed by atoms with van der Waals surface area (Å²) in [6.45, 7) is 6.59. The first kappa shape index (κ1) is 20.5. The van der Waals surface area contributed by atoms with Gasteiger partial charge in [0, 0.05) is 23.4 Å². The summed E-state index contributed by atoms with van der Waals surface area (Å²) in [5, 5.41) is 13.9. The number of nitrogens with zero attached hydrogens (tertiary/aromatic N) is 2. The molecule has 0 atom stereocenters. The molecule has 1 aliphatic rings. The van der Waals surface area contributed by atoms with E-state index in [4.69, 9.17) is 0 Å². The van der Waals surface area contributed by atoms with Gasteiger partial charge in [0.15, 0.2) is 6.54 Å². The molecule has 2 aromatic carbocycles. The third kappa shape index (κ3) is 4.97. The Balaban J connectivity index is 1.54. The molecule has 152 valence electrons. The van der Waals surface area contributed by atoms with Crippen LogP contribution in [0.1, 0.15) is 21.5 Å². The predicted molar refractivity (Wildman–Crippen MR) is 109 cm³/mol. The van der Waals surface area contributed by atoms with Crippen LogP contribution in [0.3, 0.4) is 0 Å². The fourth-order valence-corrected chi connectivity index (χ4v) is 3.56. The Morgan fingerprint density at radius 1 is 1.10 bits per heavy atom. The summed E-state index contributed by atoms with van der Waals surface area (Å²) in [6.07, 6.45) is 0. The van der Waals surface area contributed by atoms with Gasteiger partial charge in [0.05, 0.1) is 31.1 Å². The number of hydrogen-bond donors (Lipinski definition) is 2. The molecule has 1 aliphatic heterocycles. The van der Waals surface area contributed by atoms with Crippen LogP contribution in [0.5, 0.6) is 0 Å². The van der Waals surface area contributed by atoms with Crippen molar-refractivity contribution in [1.29, 1.82) is 0 Å². The minimum Gasteiger partial charge on any atom is -0.327 e. The number of hydrogen-bond acceptors (Lipinski definition) is 4. The van der Waals surface area contributed by atoms with Crippen molar-refractivity contribution in [2.24, 2.45) is 0 Å². The van der Waals surface area contributed by atoms with E-state index in [9.17, 15) is 19.7 Å². The Hall–Kier alpha value is -3.26. The lowest BCUT2D eigenvalue weighted by Crippen LogP contribution is -3.15. The van der Waals surface area contributed by atoms with Crippen LogP contribution in [0.25, 0.3) is 0 Å². The van der Waals surface area contributed by atoms with Crippen LogP contribution in [0.2, 0.25) is 0 Å². The molecule has 2 amide bonds. The Morgan fingerprint density at radius 2 is 1.72 bits per heavy atom. The van der Waals surface area contributed by atoms with Gasteiger partial charge in [-0.2, -0.15) is 0 Å². The Morgan fingerprint density at radius 3 is 2.34 bits per heavy atom. The van der Waals surface area contributed by atoms with Crippen LogP contribution in [-0.2, 0) is 4.79 Å². The number of benzene rings is 2. The van der Waals surface area contributed by atoms with E-state index in [1.54, 1.807) is 11.0 Å². The molecule has 0 aliphatic carbocycles. The maximum Gasteiger partial charge on any atom is 0.279 e. The van der Waals surface area contributed by atoms with Gasteiger partial charge in [-0.1, -0.05) is 24.3 Å². The number of nitrogens with one attached hydrogen (secondary N) is 2. The molecule has 2 aromatic rings. The number of quaternary nitrogens is 1. The van der Waals surface area contributed by atoms with Crippen LogP contribution < -0.4 is 10.2 Å². The third-order valence-corrected chi connectivity index (χ3v) is 5.22. The molecule has 0 radical (unpaired) electrons. The SMILES string of the molecule is Cc1cccc(C)c1NC(=O)C[NH+]1CCN(C(=O)c2cccc([N+](=O)[O-])c2)CC1. The van der Waals surface area contributed by atoms with E-state index in [1.807, 2.05) is 32.0 Å². The zero-order valence-corrected chi connectivity index (χ0v) is 16.6. The van der Waals surface area contributed by atoms with Crippen molar-refractivity contribution in [3.05, 3.63) is 69.3 Å². The quantitative estimate of drug-likeness (QED) is 0.585. The van der Waals surface area contributed by atoms with E-state index in [0.29, 0.717) is 38.3 Å². The number of non-ortho nitro benzene ring substituents is 1. The second kappa shape index (κ2) is 8.83. The summed E-state index contributed by atoms with van der Waals surface area (Å²) in [4.78, 5) is 38.3. The van der Waals surface area contributed by atoms with Gasteiger partial charge in [-0.15, -0.1) is 0 Å². The van der Waals surface area contributed by atoms with Crippen LogP contribution in [0.4, 0.5) is 11.4 Å². The van der Waals surface area contributed by atoms with Crippen LogP contribution in [0, 0.1) is 24.0 Å². The number of amides is 2. The maximum atomic E-state index is 12.6. The highest BCUT2D eigenvalue weighted by atomic mass is 16.6. The largest absolute Gasteiger partial charge is 0.327 e. The molecular weight excluding hydrogens is 372 g/mol. The summed E-state index contributed by atoms with van der Waals surface area (Å²) in [5.41, 5.74) is 3.14. The van der Waals surface area contributed by atoms with Crippen molar-refractivity contribution in [1.82, 2.24) is 4.90 Å². The van der Waals surface area contributed by atoms with Gasteiger partial charge in [-0.3, -0.25) is 19.7 Å². The molecule has 1 heterocycles. The maximum absolute atomic E-state index is 12.6. The molecule has 1 fully saturated rings. The first-order valence-electron chi connectivity index (χ1n) is 9.58. The minimum absolute atomic E-state index is 0.0455. The average molecular weight is 397 g/mol. The molecule has 0 unspecified atom stereocenters. The fourth-order valence-electron chi connectivity index (χ4n) is 3.56. The first-order chi connectivity index (χ1) is 13.8. The Kier molecular flexibility index (Phi) is 6.23. The van der Waals surface area contributed by atoms with E-state index in [-0.39, 0.29) is 17.5 Å². The van der Waals surface area contributed by atoms with Gasteiger partial charge in [0.2, 0.25) is 0 Å². The summed E-state index contributed by atoms with van der Waals surface area (Å²) < 4.78 is 0. The summed E-state index contributed by atoms with van der Waals surface area (Å²) >= 11 is 0. The monoisotopic (exact) mass is 397 g/mol. The number of piperazine rings is 1. The van der Waals surface area contributed by atoms with E-state index >= 15 is 0 Å². The molecule has 0 spiro atoms. The van der Waals surface area contributed by atoms with E-state index in [1.165, 1.54) is 18.2 Å². The molecule has 1 saturated heterocycles. The molecular formula is C21H25N4O4+. The molecule has 0 aromatic heterocycles. The van der Waals surface area contributed by atoms with Gasteiger partial charge in [0.25, 0.3) is 17.5 Å². The van der Waals surface area contributed by atoms with Crippen molar-refractivity contribution in [2.45, 2.75) is 13.8 Å². The number of aryl methyl sites for hydroxylation is 2. The lowest BCUT2D eigenvalue weighted by Gasteiger charge is -2.32. The number of nitro benzene ring substituents is 1. The second-order valence-electron chi connectivity index (χ2n) is 7.34. The zero-order valence-electron chi connectivity index (χ0n) is 16.6. The van der Waals surface area contributed by atoms with E-state index in [0.717, 1.165) is 21.7 Å². The highest BCUT2D eigenvalue weighted by molar-refractivity contribution is 5.95. The number of anilines is 1. The zero-order chi connectivity index (χ0) is 21.0. The van der Waals surface area contributed by atoms with Gasteiger partial charge in [-0.05, 0) is 31.0 Å². The molecule has 29 heavy (non-hydrogen) atoms. The van der Waals surface area contributed by atoms with E-state index in [2.05, 4.69) is 5.32 Å². The predicted octanol–water partition coefficient (Wildman–Crippen LogP) is 1.19. The highest BCUT2D eigenvalue weighted by Crippen LogP contribution is 2.19. The lowest BCUT2D eigenvalue weighted by molar-refractivity contribution is -0.895. The third-order valence-electron chi connectivity index (χ3n) is 5.22. The highest BCUT2D eigenvalue weighted by Gasteiger charge is 2.26.